The van der Waals surface area contributed by atoms with Gasteiger partial charge in [-0.15, -0.1) is 0 Å². The summed E-state index contributed by atoms with van der Waals surface area (Å²) in [7, 11) is 0. The van der Waals surface area contributed by atoms with Crippen LogP contribution in [0.1, 0.15) is 316 Å². The van der Waals surface area contributed by atoms with E-state index in [1.165, 1.54) is 250 Å². The molecule has 2 unspecified atom stereocenters. The minimum absolute atomic E-state index is 0.132. The van der Waals surface area contributed by atoms with E-state index in [0.29, 0.717) is 12.8 Å². The number of rotatable bonds is 53. The first-order chi connectivity index (χ1) is 33.3. The number of unbranched alkanes of at least 4 members (excludes halogenated alkanes) is 43. The van der Waals surface area contributed by atoms with Crippen LogP contribution < -0.4 is 5.32 Å². The Kier molecular flexibility index (Phi) is 47.7. The van der Waals surface area contributed by atoms with Crippen molar-refractivity contribution in [2.75, 3.05) is 13.2 Å². The maximum atomic E-state index is 13.0. The largest absolute Gasteiger partial charge is 0.394 e. The monoisotopic (exact) mass is 968 g/mol. The normalized spacial score (nSPS) is 19.4. The predicted molar refractivity (Wildman–Crippen MR) is 286 cm³/mol. The van der Waals surface area contributed by atoms with Crippen LogP contribution in [0.2, 0.25) is 0 Å². The lowest BCUT2D eigenvalue weighted by molar-refractivity contribution is -0.302. The van der Waals surface area contributed by atoms with Crippen LogP contribution in [-0.2, 0) is 14.3 Å². The van der Waals surface area contributed by atoms with E-state index in [2.05, 4.69) is 19.2 Å². The molecule has 1 heterocycles. The van der Waals surface area contributed by atoms with E-state index in [-0.39, 0.29) is 12.5 Å². The van der Waals surface area contributed by atoms with Gasteiger partial charge < -0.3 is 40.3 Å². The third-order valence-electron chi connectivity index (χ3n) is 15.0. The first-order valence-corrected chi connectivity index (χ1v) is 30.2. The van der Waals surface area contributed by atoms with Crippen LogP contribution in [0.4, 0.5) is 0 Å². The van der Waals surface area contributed by atoms with Gasteiger partial charge in [0.05, 0.1) is 25.4 Å². The zero-order valence-electron chi connectivity index (χ0n) is 45.2. The molecular weight excluding hydrogens is 851 g/mol. The molecule has 68 heavy (non-hydrogen) atoms. The van der Waals surface area contributed by atoms with E-state index in [1.54, 1.807) is 0 Å². The van der Waals surface area contributed by atoms with Gasteiger partial charge in [0.15, 0.2) is 6.29 Å². The van der Waals surface area contributed by atoms with Gasteiger partial charge in [-0.1, -0.05) is 296 Å². The third kappa shape index (κ3) is 38.8. The summed E-state index contributed by atoms with van der Waals surface area (Å²) in [6.45, 7) is 3.85. The van der Waals surface area contributed by atoms with Crippen LogP contribution in [0.15, 0.2) is 0 Å². The highest BCUT2D eigenvalue weighted by atomic mass is 16.7. The topological polar surface area (TPSA) is 149 Å². The number of carbonyl (C=O) groups excluding carboxylic acids is 1. The number of aliphatic hydroxyl groups is 5. The molecule has 6 N–H and O–H groups in total. The Morgan fingerprint density at radius 3 is 1.04 bits per heavy atom. The highest BCUT2D eigenvalue weighted by Crippen LogP contribution is 2.23. The van der Waals surface area contributed by atoms with Crippen LogP contribution in [0.3, 0.4) is 0 Å². The zero-order valence-corrected chi connectivity index (χ0v) is 45.2. The van der Waals surface area contributed by atoms with E-state index >= 15 is 0 Å². The van der Waals surface area contributed by atoms with E-state index in [1.807, 2.05) is 0 Å². The molecule has 1 amide bonds. The van der Waals surface area contributed by atoms with Gasteiger partial charge in [-0.3, -0.25) is 4.79 Å². The number of nitrogens with one attached hydrogen (secondary N) is 1. The summed E-state index contributed by atoms with van der Waals surface area (Å²) in [5, 5.41) is 54.4. The van der Waals surface area contributed by atoms with E-state index in [9.17, 15) is 30.3 Å². The Balaban J connectivity index is 2.00. The molecule has 1 aliphatic heterocycles. The Hall–Kier alpha value is -0.810. The Bertz CT molecular complexity index is 1030. The fraction of sp³-hybridized carbons (Fsp3) is 0.983. The summed E-state index contributed by atoms with van der Waals surface area (Å²) in [5.74, 6) is -0.138. The molecule has 7 atom stereocenters. The minimum atomic E-state index is -1.55. The molecule has 0 aliphatic carbocycles. The average Bonchev–Trinajstić information content (AvgIpc) is 3.34. The summed E-state index contributed by atoms with van der Waals surface area (Å²) in [4.78, 5) is 13.0. The Morgan fingerprint density at radius 1 is 0.441 bits per heavy atom. The molecule has 0 aromatic carbocycles. The Morgan fingerprint density at radius 2 is 0.735 bits per heavy atom. The second kappa shape index (κ2) is 49.8. The molecule has 9 nitrogen and oxygen atoms in total. The summed E-state index contributed by atoms with van der Waals surface area (Å²) in [6.07, 6.45) is 53.3. The number of hydrogen-bond donors (Lipinski definition) is 6. The van der Waals surface area contributed by atoms with Gasteiger partial charge in [0.25, 0.3) is 0 Å². The van der Waals surface area contributed by atoms with Crippen molar-refractivity contribution in [2.24, 2.45) is 0 Å². The molecule has 406 valence electrons. The summed E-state index contributed by atoms with van der Waals surface area (Å²) >= 11 is 0. The number of hydrogen-bond acceptors (Lipinski definition) is 8. The molecular formula is C59H117NO8. The highest BCUT2D eigenvalue weighted by molar-refractivity contribution is 5.76. The first-order valence-electron chi connectivity index (χ1n) is 30.2. The van der Waals surface area contributed by atoms with Crippen molar-refractivity contribution in [1.29, 1.82) is 0 Å². The molecule has 1 aliphatic rings. The van der Waals surface area contributed by atoms with E-state index < -0.39 is 49.5 Å². The van der Waals surface area contributed by atoms with Crippen LogP contribution in [0.25, 0.3) is 0 Å². The fourth-order valence-corrected chi connectivity index (χ4v) is 10.2. The molecule has 0 saturated carbocycles. The van der Waals surface area contributed by atoms with Crippen molar-refractivity contribution in [3.8, 4) is 0 Å². The lowest BCUT2D eigenvalue weighted by Gasteiger charge is -2.40. The maximum Gasteiger partial charge on any atom is 0.220 e. The number of aliphatic hydroxyl groups excluding tert-OH is 5. The van der Waals surface area contributed by atoms with E-state index in [4.69, 9.17) is 9.47 Å². The van der Waals surface area contributed by atoms with Crippen LogP contribution in [0, 0.1) is 0 Å². The third-order valence-corrected chi connectivity index (χ3v) is 15.0. The summed E-state index contributed by atoms with van der Waals surface area (Å²) < 4.78 is 11.3. The minimum Gasteiger partial charge on any atom is -0.394 e. The molecule has 1 rings (SSSR count). The van der Waals surface area contributed by atoms with Gasteiger partial charge in [0.1, 0.15) is 24.4 Å². The quantitative estimate of drug-likeness (QED) is 0.0330. The molecule has 0 aromatic rings. The number of amides is 1. The fourth-order valence-electron chi connectivity index (χ4n) is 10.2. The standard InChI is InChI=1S/C59H117NO8/c1-3-5-7-9-11-13-15-16-17-18-19-20-21-22-23-24-25-26-27-28-29-30-31-32-33-34-35-36-37-38-39-41-43-45-47-49-55(63)60-52(51-67-59-58(66)57(65)56(64)54(50-61)68-59)53(62)48-46-44-42-40-14-12-10-8-6-4-2/h52-54,56-59,61-62,64-66H,3-51H2,1-2H3,(H,60,63)/t52-,53+,54+,56+,57?,58?,59+/m0/s1. The average molecular weight is 969 g/mol. The van der Waals surface area contributed by atoms with Crippen LogP contribution in [-0.4, -0.2) is 87.5 Å². The summed E-state index contributed by atoms with van der Waals surface area (Å²) in [6, 6.07) is -0.712. The van der Waals surface area contributed by atoms with Crippen LogP contribution >= 0.6 is 0 Å². The molecule has 1 saturated heterocycles. The van der Waals surface area contributed by atoms with Crippen molar-refractivity contribution in [3.05, 3.63) is 0 Å². The molecule has 0 aromatic heterocycles. The van der Waals surface area contributed by atoms with Crippen molar-refractivity contribution in [1.82, 2.24) is 5.32 Å². The second-order valence-corrected chi connectivity index (χ2v) is 21.5. The smallest absolute Gasteiger partial charge is 0.220 e. The zero-order chi connectivity index (χ0) is 49.4. The van der Waals surface area contributed by atoms with Gasteiger partial charge in [-0.2, -0.15) is 0 Å². The first kappa shape index (κ1) is 65.2. The summed E-state index contributed by atoms with van der Waals surface area (Å²) in [5.41, 5.74) is 0. The van der Waals surface area contributed by atoms with Gasteiger partial charge >= 0.3 is 0 Å². The maximum absolute atomic E-state index is 13.0. The van der Waals surface area contributed by atoms with Crippen LogP contribution in [0.5, 0.6) is 0 Å². The highest BCUT2D eigenvalue weighted by Gasteiger charge is 2.44. The van der Waals surface area contributed by atoms with Crippen molar-refractivity contribution in [3.63, 3.8) is 0 Å². The number of carbonyl (C=O) groups is 1. The molecule has 1 fully saturated rings. The molecule has 9 heteroatoms. The van der Waals surface area contributed by atoms with Gasteiger partial charge in [0.2, 0.25) is 5.91 Å². The van der Waals surface area contributed by atoms with Crippen molar-refractivity contribution >= 4 is 5.91 Å². The Labute approximate surface area is 421 Å². The van der Waals surface area contributed by atoms with Crippen molar-refractivity contribution in [2.45, 2.75) is 358 Å². The molecule has 0 radical (unpaired) electrons. The number of ether oxygens (including phenoxy) is 2. The van der Waals surface area contributed by atoms with Gasteiger partial charge in [0, 0.05) is 6.42 Å². The lowest BCUT2D eigenvalue weighted by atomic mass is 9.99. The molecule has 0 spiro atoms. The van der Waals surface area contributed by atoms with Crippen molar-refractivity contribution < 1.29 is 39.8 Å². The van der Waals surface area contributed by atoms with Gasteiger partial charge in [-0.25, -0.2) is 0 Å². The lowest BCUT2D eigenvalue weighted by Crippen LogP contribution is -2.60. The predicted octanol–water partition coefficient (Wildman–Crippen LogP) is 15.0. The van der Waals surface area contributed by atoms with Gasteiger partial charge in [-0.05, 0) is 12.8 Å². The van der Waals surface area contributed by atoms with E-state index in [0.717, 1.165) is 38.5 Å². The second-order valence-electron chi connectivity index (χ2n) is 21.5. The molecule has 0 bridgehead atoms. The SMILES string of the molecule is CCCCCCCCCCCCCCCCCCCCCCCCCCCCCCCCCCCCCC(=O)N[C@@H](CO[C@@H]1O[C@H](CO)[C@@H](O)C(O)C1O)[C@H](O)CCCCCCCCCCCC.